The summed E-state index contributed by atoms with van der Waals surface area (Å²) in [7, 11) is -1.40. The van der Waals surface area contributed by atoms with Gasteiger partial charge in [-0.25, -0.2) is 8.42 Å². The number of hydrogen-bond donors (Lipinski definition) is 1. The van der Waals surface area contributed by atoms with Crippen LogP contribution in [-0.2, 0) is 14.8 Å². The van der Waals surface area contributed by atoms with Crippen molar-refractivity contribution in [2.75, 3.05) is 39.0 Å². The lowest BCUT2D eigenvalue weighted by atomic mass is 9.93. The average Bonchev–Trinajstić information content (AvgIpc) is 2.58. The van der Waals surface area contributed by atoms with Gasteiger partial charge in [0.15, 0.2) is 0 Å². The van der Waals surface area contributed by atoms with Crippen molar-refractivity contribution in [1.29, 1.82) is 0 Å². The van der Waals surface area contributed by atoms with Gasteiger partial charge in [0, 0.05) is 25.8 Å². The number of nitrogens with zero attached hydrogens (tertiary/aromatic N) is 3. The lowest BCUT2D eigenvalue weighted by Gasteiger charge is -2.33. The van der Waals surface area contributed by atoms with E-state index in [1.165, 1.54) is 0 Å². The molecule has 3 aliphatic heterocycles. The van der Waals surface area contributed by atoms with E-state index in [0.29, 0.717) is 23.9 Å². The molecule has 0 spiro atoms. The Morgan fingerprint density at radius 1 is 1.29 bits per heavy atom. The van der Waals surface area contributed by atoms with E-state index in [0.717, 1.165) is 38.9 Å². The number of likely N-dealkylation sites (tertiary alicyclic amines) is 1. The monoisotopic (exact) mass is 352 g/mol. The van der Waals surface area contributed by atoms with Crippen LogP contribution in [0.2, 0.25) is 0 Å². The van der Waals surface area contributed by atoms with Crippen molar-refractivity contribution in [2.45, 2.75) is 19.3 Å². The minimum Gasteiger partial charge on any atom is -0.339 e. The number of carbonyl (C=O) groups is 1. The standard InChI is InChI=1S/C16H24N4O3S/c1-17-7-4-13-5-8-19(9-6-13)16(21)14-2-3-15-18-24(22,23)11-10-20(15)12-14/h2-3,12-13,17H,4-11H2,1H3. The number of rotatable bonds is 4. The van der Waals surface area contributed by atoms with E-state index in [2.05, 4.69) is 9.71 Å². The Hall–Kier alpha value is -1.67. The van der Waals surface area contributed by atoms with E-state index in [1.54, 1.807) is 23.3 Å². The fraction of sp³-hybridized carbons (Fsp3) is 0.625. The van der Waals surface area contributed by atoms with E-state index >= 15 is 0 Å². The molecule has 1 fully saturated rings. The molecule has 8 heteroatoms. The van der Waals surface area contributed by atoms with Crippen LogP contribution in [0.4, 0.5) is 0 Å². The molecule has 0 unspecified atom stereocenters. The maximum atomic E-state index is 12.7. The minimum atomic E-state index is -3.36. The lowest BCUT2D eigenvalue weighted by molar-refractivity contribution is -0.128. The van der Waals surface area contributed by atoms with Crippen molar-refractivity contribution in [3.05, 3.63) is 23.9 Å². The molecule has 132 valence electrons. The highest BCUT2D eigenvalue weighted by Crippen LogP contribution is 2.23. The zero-order valence-corrected chi connectivity index (χ0v) is 14.8. The van der Waals surface area contributed by atoms with E-state index in [1.807, 2.05) is 11.9 Å². The van der Waals surface area contributed by atoms with Crippen LogP contribution in [0.5, 0.6) is 0 Å². The Labute approximate surface area is 143 Å². The van der Waals surface area contributed by atoms with Crippen LogP contribution in [0.3, 0.4) is 0 Å². The average molecular weight is 352 g/mol. The van der Waals surface area contributed by atoms with Crippen LogP contribution >= 0.6 is 0 Å². The van der Waals surface area contributed by atoms with E-state index < -0.39 is 10.0 Å². The fourth-order valence-electron chi connectivity index (χ4n) is 3.28. The zero-order chi connectivity index (χ0) is 17.2. The first-order chi connectivity index (χ1) is 11.5. The number of piperidine rings is 1. The molecule has 3 aliphatic rings. The highest BCUT2D eigenvalue weighted by Gasteiger charge is 2.28. The predicted octanol–water partition coefficient (Wildman–Crippen LogP) is 0.332. The number of nitrogens with one attached hydrogen (secondary N) is 1. The van der Waals surface area contributed by atoms with E-state index in [9.17, 15) is 13.2 Å². The van der Waals surface area contributed by atoms with Crippen LogP contribution in [0.25, 0.3) is 0 Å². The summed E-state index contributed by atoms with van der Waals surface area (Å²) < 4.78 is 26.8. The van der Waals surface area contributed by atoms with Gasteiger partial charge in [-0.2, -0.15) is 0 Å². The molecule has 7 nitrogen and oxygen atoms in total. The van der Waals surface area contributed by atoms with Crippen LogP contribution in [-0.4, -0.2) is 68.9 Å². The van der Waals surface area contributed by atoms with Crippen molar-refractivity contribution in [2.24, 2.45) is 10.3 Å². The maximum Gasteiger partial charge on any atom is 0.256 e. The largest absolute Gasteiger partial charge is 0.339 e. The summed E-state index contributed by atoms with van der Waals surface area (Å²) in [6.45, 7) is 2.93. The molecule has 1 saturated heterocycles. The van der Waals surface area contributed by atoms with Gasteiger partial charge in [0.2, 0.25) is 0 Å². The summed E-state index contributed by atoms with van der Waals surface area (Å²) in [5.74, 6) is 1.08. The first kappa shape index (κ1) is 17.2. The lowest BCUT2D eigenvalue weighted by Crippen LogP contribution is -2.42. The summed E-state index contributed by atoms with van der Waals surface area (Å²) in [5.41, 5.74) is 0.599. The van der Waals surface area contributed by atoms with Crippen LogP contribution < -0.4 is 5.32 Å². The Morgan fingerprint density at radius 3 is 2.75 bits per heavy atom. The summed E-state index contributed by atoms with van der Waals surface area (Å²) in [6.07, 6.45) is 8.25. The molecule has 0 aromatic rings. The third kappa shape index (κ3) is 3.87. The van der Waals surface area contributed by atoms with E-state index in [-0.39, 0.29) is 11.7 Å². The third-order valence-electron chi connectivity index (χ3n) is 4.78. The highest BCUT2D eigenvalue weighted by molar-refractivity contribution is 7.90. The summed E-state index contributed by atoms with van der Waals surface area (Å²) >= 11 is 0. The quantitative estimate of drug-likeness (QED) is 0.789. The van der Waals surface area contributed by atoms with Crippen LogP contribution in [0, 0.1) is 5.92 Å². The van der Waals surface area contributed by atoms with Crippen LogP contribution in [0.15, 0.2) is 28.3 Å². The van der Waals surface area contributed by atoms with Gasteiger partial charge < -0.3 is 15.1 Å². The Bertz CT molecular complexity index is 688. The number of hydrogen-bond acceptors (Lipinski definition) is 5. The molecule has 0 radical (unpaired) electrons. The highest BCUT2D eigenvalue weighted by atomic mass is 32.2. The second kappa shape index (κ2) is 7.06. The molecular weight excluding hydrogens is 328 g/mol. The zero-order valence-electron chi connectivity index (χ0n) is 13.9. The first-order valence-corrected chi connectivity index (χ1v) is 10.0. The van der Waals surface area contributed by atoms with Gasteiger partial charge >= 0.3 is 0 Å². The molecule has 3 heterocycles. The van der Waals surface area contributed by atoms with Gasteiger partial charge in [-0.1, -0.05) is 0 Å². The van der Waals surface area contributed by atoms with Crippen molar-refractivity contribution in [3.63, 3.8) is 0 Å². The number of sulfonamides is 1. The molecule has 24 heavy (non-hydrogen) atoms. The number of amidine groups is 1. The van der Waals surface area contributed by atoms with Crippen molar-refractivity contribution in [1.82, 2.24) is 15.1 Å². The second-order valence-corrected chi connectivity index (χ2v) is 8.23. The third-order valence-corrected chi connectivity index (χ3v) is 5.94. The van der Waals surface area contributed by atoms with Crippen molar-refractivity contribution < 1.29 is 13.2 Å². The van der Waals surface area contributed by atoms with Gasteiger partial charge in [-0.05, 0) is 50.9 Å². The molecule has 3 rings (SSSR count). The van der Waals surface area contributed by atoms with Gasteiger partial charge in [0.1, 0.15) is 5.84 Å². The minimum absolute atomic E-state index is 0.0147. The molecule has 1 N–H and O–H groups in total. The molecule has 0 saturated carbocycles. The van der Waals surface area contributed by atoms with Crippen molar-refractivity contribution >= 4 is 21.8 Å². The Balaban J connectivity index is 1.61. The fourth-order valence-corrected chi connectivity index (χ4v) is 4.25. The molecule has 1 amide bonds. The van der Waals surface area contributed by atoms with Gasteiger partial charge in [0.25, 0.3) is 15.9 Å². The molecule has 0 aliphatic carbocycles. The Morgan fingerprint density at radius 2 is 2.04 bits per heavy atom. The first-order valence-electron chi connectivity index (χ1n) is 8.41. The topological polar surface area (TPSA) is 82.1 Å². The predicted molar refractivity (Wildman–Crippen MR) is 93.0 cm³/mol. The van der Waals surface area contributed by atoms with E-state index in [4.69, 9.17) is 0 Å². The molecular formula is C16H24N4O3S. The normalized spacial score (nSPS) is 23.5. The Kier molecular flexibility index (Phi) is 5.05. The summed E-state index contributed by atoms with van der Waals surface area (Å²) in [6, 6.07) is 0. The smallest absolute Gasteiger partial charge is 0.256 e. The molecule has 0 bridgehead atoms. The van der Waals surface area contributed by atoms with Gasteiger partial charge in [-0.15, -0.1) is 4.40 Å². The molecule has 0 aromatic carbocycles. The molecule has 0 aromatic heterocycles. The van der Waals surface area contributed by atoms with Crippen LogP contribution in [0.1, 0.15) is 19.3 Å². The number of fused-ring (bicyclic) bond motifs is 1. The summed E-state index contributed by atoms with van der Waals surface area (Å²) in [5, 5.41) is 3.17. The van der Waals surface area contributed by atoms with Gasteiger partial charge in [-0.3, -0.25) is 4.79 Å². The van der Waals surface area contributed by atoms with Crippen molar-refractivity contribution in [3.8, 4) is 0 Å². The SMILES string of the molecule is CNCCC1CCN(C(=O)C2=CN3CCS(=O)(=O)N=C3C=C2)CC1. The second-order valence-electron chi connectivity index (χ2n) is 6.47. The maximum absolute atomic E-state index is 12.7. The number of amides is 1. The molecule has 0 atom stereocenters. The van der Waals surface area contributed by atoms with Gasteiger partial charge in [0.05, 0.1) is 11.3 Å². The summed E-state index contributed by atoms with van der Waals surface area (Å²) in [4.78, 5) is 16.3. The number of carbonyl (C=O) groups excluding carboxylic acids is 1.